The van der Waals surface area contributed by atoms with Gasteiger partial charge in [0, 0.05) is 19.2 Å². The molecule has 1 aliphatic heterocycles. The van der Waals surface area contributed by atoms with Crippen LogP contribution in [0, 0.1) is 33.3 Å². The van der Waals surface area contributed by atoms with Gasteiger partial charge in [-0.05, 0) is 24.7 Å². The normalized spacial score (nSPS) is 22.8. The molecule has 8 heteroatoms. The highest BCUT2D eigenvalue weighted by Gasteiger charge is 2.33. The summed E-state index contributed by atoms with van der Waals surface area (Å²) in [5, 5.41) is 19.9. The molecule has 0 N–H and O–H groups in total. The van der Waals surface area contributed by atoms with Crippen LogP contribution in [0.1, 0.15) is 37.7 Å². The molecule has 0 radical (unpaired) electrons. The largest absolute Gasteiger partial charge is 0.341 e. The molecule has 2 heterocycles. The van der Waals surface area contributed by atoms with Crippen molar-refractivity contribution >= 4 is 11.6 Å². The van der Waals surface area contributed by atoms with Crippen molar-refractivity contribution in [2.45, 2.75) is 38.6 Å². The van der Waals surface area contributed by atoms with E-state index in [1.54, 1.807) is 11.0 Å². The first-order chi connectivity index (χ1) is 12.0. The lowest BCUT2D eigenvalue weighted by molar-refractivity contribution is -0.385. The van der Waals surface area contributed by atoms with Crippen LogP contribution >= 0.6 is 0 Å². The Bertz CT molecular complexity index is 795. The van der Waals surface area contributed by atoms with Crippen LogP contribution in [0.3, 0.4) is 0 Å². The second-order valence-corrected chi connectivity index (χ2v) is 6.85. The Morgan fingerprint density at radius 2 is 2.04 bits per heavy atom. The van der Waals surface area contributed by atoms with Gasteiger partial charge < -0.3 is 4.90 Å². The van der Waals surface area contributed by atoms with Gasteiger partial charge in [0.1, 0.15) is 18.2 Å². The van der Waals surface area contributed by atoms with Crippen LogP contribution in [-0.2, 0) is 11.3 Å². The number of fused-ring (bicyclic) bond motifs is 1. The number of carbonyl (C=O) groups excluding carboxylic acids is 1. The van der Waals surface area contributed by atoms with Gasteiger partial charge in [-0.3, -0.25) is 24.3 Å². The molecule has 1 saturated heterocycles. The van der Waals surface area contributed by atoms with Gasteiger partial charge >= 0.3 is 0 Å². The zero-order chi connectivity index (χ0) is 18.0. The van der Waals surface area contributed by atoms with Crippen LogP contribution in [0.4, 0.5) is 5.69 Å². The quantitative estimate of drug-likeness (QED) is 0.612. The summed E-state index contributed by atoms with van der Waals surface area (Å²) in [6.07, 6.45) is 6.82. The molecule has 0 bridgehead atoms. The average Bonchev–Trinajstić information content (AvgIpc) is 2.62. The zero-order valence-corrected chi connectivity index (χ0v) is 13.9. The molecule has 0 unspecified atom stereocenters. The second-order valence-electron chi connectivity index (χ2n) is 6.85. The Morgan fingerprint density at radius 1 is 1.32 bits per heavy atom. The van der Waals surface area contributed by atoms with Crippen LogP contribution in [0.2, 0.25) is 0 Å². The fourth-order valence-electron chi connectivity index (χ4n) is 3.99. The lowest BCUT2D eigenvalue weighted by atomic mass is 9.75. The Labute approximate surface area is 144 Å². The minimum absolute atomic E-state index is 0.226. The minimum atomic E-state index is -0.672. The standard InChI is InChI=1S/C17H20N4O4/c18-8-14-7-15(21(24)25)10-20(17(14)23)11-16(22)19-6-5-12-3-1-2-4-13(12)9-19/h7,10,12-13H,1-6,9,11H2/t12-,13+/m0/s1. The zero-order valence-electron chi connectivity index (χ0n) is 13.9. The smallest absolute Gasteiger partial charge is 0.287 e. The van der Waals surface area contributed by atoms with E-state index in [4.69, 9.17) is 5.26 Å². The summed E-state index contributed by atoms with van der Waals surface area (Å²) >= 11 is 0. The molecular formula is C17H20N4O4. The van der Waals surface area contributed by atoms with Gasteiger partial charge in [-0.2, -0.15) is 5.26 Å². The summed E-state index contributed by atoms with van der Waals surface area (Å²) in [7, 11) is 0. The first-order valence-corrected chi connectivity index (χ1v) is 8.56. The average molecular weight is 344 g/mol. The molecule has 8 nitrogen and oxygen atoms in total. The van der Waals surface area contributed by atoms with E-state index in [1.165, 1.54) is 19.3 Å². The summed E-state index contributed by atoms with van der Waals surface area (Å²) in [5.74, 6) is 0.974. The predicted molar refractivity (Wildman–Crippen MR) is 88.7 cm³/mol. The van der Waals surface area contributed by atoms with E-state index in [9.17, 15) is 19.7 Å². The first kappa shape index (κ1) is 17.1. The topological polar surface area (TPSA) is 109 Å². The molecule has 1 aromatic heterocycles. The van der Waals surface area contributed by atoms with Crippen molar-refractivity contribution in [3.63, 3.8) is 0 Å². The number of nitro groups is 1. The number of nitrogens with zero attached hydrogens (tertiary/aromatic N) is 4. The van der Waals surface area contributed by atoms with Crippen molar-refractivity contribution in [2.75, 3.05) is 13.1 Å². The maximum Gasteiger partial charge on any atom is 0.287 e. The van der Waals surface area contributed by atoms with Crippen LogP contribution in [0.15, 0.2) is 17.1 Å². The van der Waals surface area contributed by atoms with Crippen molar-refractivity contribution in [3.8, 4) is 6.07 Å². The number of rotatable bonds is 3. The van der Waals surface area contributed by atoms with Gasteiger partial charge in [0.2, 0.25) is 5.91 Å². The van der Waals surface area contributed by atoms with E-state index in [2.05, 4.69) is 0 Å². The first-order valence-electron chi connectivity index (χ1n) is 8.56. The summed E-state index contributed by atoms with van der Waals surface area (Å²) in [5.41, 5.74) is -1.36. The predicted octanol–water partition coefficient (Wildman–Crippen LogP) is 1.67. The van der Waals surface area contributed by atoms with Gasteiger partial charge in [-0.25, -0.2) is 0 Å². The van der Waals surface area contributed by atoms with Crippen LogP contribution in [0.25, 0.3) is 0 Å². The number of nitriles is 1. The van der Waals surface area contributed by atoms with E-state index in [-0.39, 0.29) is 23.7 Å². The Morgan fingerprint density at radius 3 is 2.72 bits per heavy atom. The number of aromatic nitrogens is 1. The summed E-state index contributed by atoms with van der Waals surface area (Å²) in [6.45, 7) is 1.08. The molecule has 2 fully saturated rings. The van der Waals surface area contributed by atoms with E-state index in [0.717, 1.165) is 29.7 Å². The number of hydrogen-bond acceptors (Lipinski definition) is 5. The molecular weight excluding hydrogens is 324 g/mol. The maximum absolute atomic E-state index is 12.6. The van der Waals surface area contributed by atoms with Gasteiger partial charge in [0.05, 0.1) is 11.1 Å². The number of hydrogen-bond donors (Lipinski definition) is 0. The molecule has 0 spiro atoms. The molecule has 1 amide bonds. The maximum atomic E-state index is 12.6. The number of amides is 1. The van der Waals surface area contributed by atoms with Crippen LogP contribution in [0.5, 0.6) is 0 Å². The highest BCUT2D eigenvalue weighted by molar-refractivity contribution is 5.76. The van der Waals surface area contributed by atoms with Gasteiger partial charge in [-0.1, -0.05) is 19.3 Å². The molecule has 2 atom stereocenters. The summed E-state index contributed by atoms with van der Waals surface area (Å²) in [4.78, 5) is 36.8. The molecule has 132 valence electrons. The summed E-state index contributed by atoms with van der Waals surface area (Å²) < 4.78 is 0.978. The minimum Gasteiger partial charge on any atom is -0.341 e. The van der Waals surface area contributed by atoms with E-state index < -0.39 is 10.5 Å². The fourth-order valence-corrected chi connectivity index (χ4v) is 3.99. The number of piperidine rings is 1. The third-order valence-corrected chi connectivity index (χ3v) is 5.35. The molecule has 3 rings (SSSR count). The SMILES string of the molecule is N#Cc1cc([N+](=O)[O-])cn(CC(=O)N2CC[C@@H]3CCCC[C@@H]3C2)c1=O. The molecule has 1 saturated carbocycles. The molecule has 1 aromatic rings. The van der Waals surface area contributed by atoms with E-state index in [1.807, 2.05) is 0 Å². The van der Waals surface area contributed by atoms with Gasteiger partial charge in [0.15, 0.2) is 0 Å². The number of carbonyl (C=O) groups is 1. The van der Waals surface area contributed by atoms with Gasteiger partial charge in [0.25, 0.3) is 11.2 Å². The monoisotopic (exact) mass is 344 g/mol. The van der Waals surface area contributed by atoms with Crippen LogP contribution < -0.4 is 5.56 Å². The van der Waals surface area contributed by atoms with Crippen molar-refractivity contribution in [2.24, 2.45) is 11.8 Å². The second kappa shape index (κ2) is 7.05. The third-order valence-electron chi connectivity index (χ3n) is 5.35. The Hall–Kier alpha value is -2.69. The van der Waals surface area contributed by atoms with Gasteiger partial charge in [-0.15, -0.1) is 0 Å². The third kappa shape index (κ3) is 3.55. The molecule has 2 aliphatic rings. The lowest BCUT2D eigenvalue weighted by Gasteiger charge is -2.41. The van der Waals surface area contributed by atoms with E-state index >= 15 is 0 Å². The molecule has 1 aliphatic carbocycles. The van der Waals surface area contributed by atoms with E-state index in [0.29, 0.717) is 24.9 Å². The summed E-state index contributed by atoms with van der Waals surface area (Å²) in [6, 6.07) is 2.60. The number of likely N-dealkylation sites (tertiary alicyclic amines) is 1. The highest BCUT2D eigenvalue weighted by atomic mass is 16.6. The van der Waals surface area contributed by atoms with Crippen LogP contribution in [-0.4, -0.2) is 33.4 Å². The number of pyridine rings is 1. The Kier molecular flexibility index (Phi) is 4.83. The van der Waals surface area contributed by atoms with Crippen molar-refractivity contribution in [1.29, 1.82) is 5.26 Å². The van der Waals surface area contributed by atoms with Crippen molar-refractivity contribution in [1.82, 2.24) is 9.47 Å². The molecule has 25 heavy (non-hydrogen) atoms. The van der Waals surface area contributed by atoms with Crippen molar-refractivity contribution in [3.05, 3.63) is 38.3 Å². The highest BCUT2D eigenvalue weighted by Crippen LogP contribution is 2.36. The Balaban J connectivity index is 1.77. The molecule has 0 aromatic carbocycles. The fraction of sp³-hybridized carbons (Fsp3) is 0.588. The van der Waals surface area contributed by atoms with Crippen molar-refractivity contribution < 1.29 is 9.72 Å². The lowest BCUT2D eigenvalue weighted by Crippen LogP contribution is -2.46.